The summed E-state index contributed by atoms with van der Waals surface area (Å²) >= 11 is 0. The van der Waals surface area contributed by atoms with E-state index in [0.29, 0.717) is 6.42 Å². The van der Waals surface area contributed by atoms with Gasteiger partial charge in [-0.15, -0.1) is 0 Å². The highest BCUT2D eigenvalue weighted by molar-refractivity contribution is 5.96. The number of carbonyl (C=O) groups excluding carboxylic acids is 1. The molecule has 0 radical (unpaired) electrons. The number of imidazole rings is 1. The van der Waals surface area contributed by atoms with E-state index in [4.69, 9.17) is 0 Å². The van der Waals surface area contributed by atoms with Gasteiger partial charge in [0.2, 0.25) is 0 Å². The molecule has 4 rings (SSSR count). The number of hydrogen-bond donors (Lipinski definition) is 0. The van der Waals surface area contributed by atoms with Crippen LogP contribution in [0.15, 0.2) is 79.0 Å². The number of Topliss-reactive ketones (excluding diaryl/α,β-unsaturated/α-hetero) is 1. The van der Waals surface area contributed by atoms with Crippen molar-refractivity contribution in [2.24, 2.45) is 0 Å². The first-order valence-corrected chi connectivity index (χ1v) is 9.40. The number of aromatic nitrogens is 2. The van der Waals surface area contributed by atoms with Crippen LogP contribution in [0.25, 0.3) is 16.8 Å². The van der Waals surface area contributed by atoms with Gasteiger partial charge in [0.25, 0.3) is 0 Å². The maximum Gasteiger partial charge on any atom is 0.181 e. The van der Waals surface area contributed by atoms with E-state index in [0.717, 1.165) is 29.9 Å². The fourth-order valence-electron chi connectivity index (χ4n) is 3.46. The van der Waals surface area contributed by atoms with Gasteiger partial charge in [-0.3, -0.25) is 9.20 Å². The molecule has 2 aromatic heterocycles. The Labute approximate surface area is 159 Å². The monoisotopic (exact) mass is 354 g/mol. The summed E-state index contributed by atoms with van der Waals surface area (Å²) in [7, 11) is 0. The summed E-state index contributed by atoms with van der Waals surface area (Å²) < 4.78 is 1.92. The van der Waals surface area contributed by atoms with Crippen LogP contribution >= 0.6 is 0 Å². The van der Waals surface area contributed by atoms with Crippen molar-refractivity contribution < 1.29 is 4.79 Å². The molecule has 3 heteroatoms. The SMILES string of the molecule is CCc1nc2ccccn2c1C(=O)CCc1ccc(-c2ccccc2)cc1. The standard InChI is InChI=1S/C24H22N2O/c1-2-21-24(26-17-7-6-10-23(26)25-21)22(27)16-13-18-11-14-20(15-12-18)19-8-4-3-5-9-19/h3-12,14-15,17H,2,13,16H2,1H3. The Balaban J connectivity index is 1.50. The molecule has 3 nitrogen and oxygen atoms in total. The molecular weight excluding hydrogens is 332 g/mol. The second-order valence-corrected chi connectivity index (χ2v) is 6.68. The molecule has 0 aliphatic rings. The lowest BCUT2D eigenvalue weighted by molar-refractivity contribution is 0.0976. The average molecular weight is 354 g/mol. The number of benzene rings is 2. The number of fused-ring (bicyclic) bond motifs is 1. The summed E-state index contributed by atoms with van der Waals surface area (Å²) in [6.07, 6.45) is 3.90. The smallest absolute Gasteiger partial charge is 0.181 e. The van der Waals surface area contributed by atoms with Crippen molar-refractivity contribution in [1.29, 1.82) is 0 Å². The number of carbonyl (C=O) groups is 1. The molecule has 2 aromatic carbocycles. The summed E-state index contributed by atoms with van der Waals surface area (Å²) in [5.74, 6) is 0.151. The fraction of sp³-hybridized carbons (Fsp3) is 0.167. The second kappa shape index (κ2) is 7.58. The lowest BCUT2D eigenvalue weighted by Crippen LogP contribution is -2.07. The van der Waals surface area contributed by atoms with Crippen LogP contribution in [0.4, 0.5) is 0 Å². The normalized spacial score (nSPS) is 11.0. The molecule has 4 aromatic rings. The Morgan fingerprint density at radius 3 is 2.33 bits per heavy atom. The van der Waals surface area contributed by atoms with Crippen LogP contribution in [0.2, 0.25) is 0 Å². The summed E-state index contributed by atoms with van der Waals surface area (Å²) in [5.41, 5.74) is 6.03. The van der Waals surface area contributed by atoms with Crippen LogP contribution in [0.1, 0.15) is 35.1 Å². The Hall–Kier alpha value is -3.20. The van der Waals surface area contributed by atoms with Gasteiger partial charge in [-0.1, -0.05) is 67.6 Å². The zero-order chi connectivity index (χ0) is 18.6. The van der Waals surface area contributed by atoms with E-state index in [-0.39, 0.29) is 5.78 Å². The van der Waals surface area contributed by atoms with Gasteiger partial charge in [0.1, 0.15) is 11.3 Å². The van der Waals surface area contributed by atoms with Crippen molar-refractivity contribution in [3.05, 3.63) is 95.9 Å². The van der Waals surface area contributed by atoms with Crippen molar-refractivity contribution >= 4 is 11.4 Å². The minimum absolute atomic E-state index is 0.151. The lowest BCUT2D eigenvalue weighted by Gasteiger charge is -2.06. The summed E-state index contributed by atoms with van der Waals surface area (Å²) in [6, 6.07) is 24.6. The molecule has 0 N–H and O–H groups in total. The number of ketones is 1. The predicted octanol–water partition coefficient (Wildman–Crippen LogP) is 5.38. The molecule has 134 valence electrons. The molecule has 0 fully saturated rings. The van der Waals surface area contributed by atoms with E-state index in [1.165, 1.54) is 16.7 Å². The van der Waals surface area contributed by atoms with Crippen molar-refractivity contribution in [2.45, 2.75) is 26.2 Å². The topological polar surface area (TPSA) is 34.4 Å². The molecule has 0 aliphatic heterocycles. The Morgan fingerprint density at radius 1 is 0.889 bits per heavy atom. The highest BCUT2D eigenvalue weighted by Crippen LogP contribution is 2.21. The van der Waals surface area contributed by atoms with Gasteiger partial charge in [0.05, 0.1) is 5.69 Å². The van der Waals surface area contributed by atoms with E-state index in [2.05, 4.69) is 41.4 Å². The van der Waals surface area contributed by atoms with E-state index in [1.54, 1.807) is 0 Å². The lowest BCUT2D eigenvalue weighted by atomic mass is 10.0. The molecule has 0 unspecified atom stereocenters. The Bertz CT molecular complexity index is 1060. The van der Waals surface area contributed by atoms with Crippen molar-refractivity contribution in [2.75, 3.05) is 0 Å². The Morgan fingerprint density at radius 2 is 1.59 bits per heavy atom. The highest BCUT2D eigenvalue weighted by Gasteiger charge is 2.17. The average Bonchev–Trinajstić information content (AvgIpc) is 3.12. The molecule has 27 heavy (non-hydrogen) atoms. The number of hydrogen-bond acceptors (Lipinski definition) is 2. The summed E-state index contributed by atoms with van der Waals surface area (Å²) in [4.78, 5) is 17.5. The quantitative estimate of drug-likeness (QED) is 0.436. The highest BCUT2D eigenvalue weighted by atomic mass is 16.1. The van der Waals surface area contributed by atoms with Gasteiger partial charge in [0, 0.05) is 12.6 Å². The van der Waals surface area contributed by atoms with E-state index in [9.17, 15) is 4.79 Å². The number of pyridine rings is 1. The van der Waals surface area contributed by atoms with Crippen LogP contribution < -0.4 is 0 Å². The molecule has 0 amide bonds. The first-order chi connectivity index (χ1) is 13.3. The van der Waals surface area contributed by atoms with Crippen molar-refractivity contribution in [3.63, 3.8) is 0 Å². The molecule has 0 aliphatic carbocycles. The molecule has 0 atom stereocenters. The minimum Gasteiger partial charge on any atom is -0.297 e. The van der Waals surface area contributed by atoms with Crippen LogP contribution in [-0.4, -0.2) is 15.2 Å². The van der Waals surface area contributed by atoms with Crippen LogP contribution in [0.3, 0.4) is 0 Å². The molecule has 0 bridgehead atoms. The Kier molecular flexibility index (Phi) is 4.84. The van der Waals surface area contributed by atoms with E-state index in [1.807, 2.05) is 53.9 Å². The van der Waals surface area contributed by atoms with Gasteiger partial charge in [-0.05, 0) is 41.7 Å². The zero-order valence-electron chi connectivity index (χ0n) is 15.4. The number of nitrogens with zero attached hydrogens (tertiary/aromatic N) is 2. The maximum atomic E-state index is 12.9. The first-order valence-electron chi connectivity index (χ1n) is 9.40. The first kappa shape index (κ1) is 17.2. The fourth-order valence-corrected chi connectivity index (χ4v) is 3.46. The van der Waals surface area contributed by atoms with Gasteiger partial charge in [-0.2, -0.15) is 0 Å². The van der Waals surface area contributed by atoms with Crippen LogP contribution in [-0.2, 0) is 12.8 Å². The van der Waals surface area contributed by atoms with Gasteiger partial charge < -0.3 is 0 Å². The molecule has 0 saturated carbocycles. The van der Waals surface area contributed by atoms with Crippen molar-refractivity contribution in [3.8, 4) is 11.1 Å². The number of rotatable bonds is 6. The second-order valence-electron chi connectivity index (χ2n) is 6.68. The largest absolute Gasteiger partial charge is 0.297 e. The van der Waals surface area contributed by atoms with Gasteiger partial charge in [0.15, 0.2) is 5.78 Å². The zero-order valence-corrected chi connectivity index (χ0v) is 15.4. The van der Waals surface area contributed by atoms with E-state index >= 15 is 0 Å². The van der Waals surface area contributed by atoms with E-state index < -0.39 is 0 Å². The third-order valence-electron chi connectivity index (χ3n) is 4.90. The number of aryl methyl sites for hydroxylation is 2. The van der Waals surface area contributed by atoms with Crippen LogP contribution in [0.5, 0.6) is 0 Å². The summed E-state index contributed by atoms with van der Waals surface area (Å²) in [5, 5.41) is 0. The minimum atomic E-state index is 0.151. The third kappa shape index (κ3) is 3.54. The van der Waals surface area contributed by atoms with Crippen molar-refractivity contribution in [1.82, 2.24) is 9.38 Å². The van der Waals surface area contributed by atoms with Gasteiger partial charge >= 0.3 is 0 Å². The molecular formula is C24H22N2O. The molecule has 0 spiro atoms. The summed E-state index contributed by atoms with van der Waals surface area (Å²) in [6.45, 7) is 2.04. The predicted molar refractivity (Wildman–Crippen MR) is 109 cm³/mol. The van der Waals surface area contributed by atoms with Crippen LogP contribution in [0, 0.1) is 0 Å². The molecule has 2 heterocycles. The third-order valence-corrected chi connectivity index (χ3v) is 4.90. The maximum absolute atomic E-state index is 12.9. The van der Waals surface area contributed by atoms with Gasteiger partial charge in [-0.25, -0.2) is 4.98 Å². The molecule has 0 saturated heterocycles.